The Balaban J connectivity index is 5.27. The highest BCUT2D eigenvalue weighted by molar-refractivity contribution is 8.08. The SMILES string of the molecule is N#C/C(S)=C(/C#N)S/C(C#N)=C(/S)C#N. The molecular formula is C8H2N4S3. The van der Waals surface area contributed by atoms with Crippen LogP contribution in [0, 0.1) is 45.3 Å². The fourth-order valence-corrected chi connectivity index (χ4v) is 1.41. The number of rotatable bonds is 2. The summed E-state index contributed by atoms with van der Waals surface area (Å²) in [5.74, 6) is 0. The summed E-state index contributed by atoms with van der Waals surface area (Å²) in [4.78, 5) is -0.290. The maximum absolute atomic E-state index is 8.66. The van der Waals surface area contributed by atoms with Crippen LogP contribution in [0.2, 0.25) is 0 Å². The fourth-order valence-electron chi connectivity index (χ4n) is 0.452. The molecule has 0 aromatic heterocycles. The number of hydrogen-bond acceptors (Lipinski definition) is 7. The maximum atomic E-state index is 8.66. The van der Waals surface area contributed by atoms with E-state index in [0.717, 1.165) is 0 Å². The van der Waals surface area contributed by atoms with Crippen LogP contribution in [-0.4, -0.2) is 0 Å². The first kappa shape index (κ1) is 13.5. The Bertz CT molecular complexity index is 444. The molecule has 15 heavy (non-hydrogen) atoms. The minimum Gasteiger partial charge on any atom is -0.192 e. The summed E-state index contributed by atoms with van der Waals surface area (Å²) >= 11 is 8.20. The van der Waals surface area contributed by atoms with Crippen molar-refractivity contribution in [3.8, 4) is 24.3 Å². The summed E-state index contributed by atoms with van der Waals surface area (Å²) < 4.78 is 0. The summed E-state index contributed by atoms with van der Waals surface area (Å²) in [6.07, 6.45) is 0. The van der Waals surface area contributed by atoms with Gasteiger partial charge in [0.1, 0.15) is 43.9 Å². The monoisotopic (exact) mass is 250 g/mol. The molecule has 0 rings (SSSR count). The third kappa shape index (κ3) is 4.02. The molecule has 0 fully saturated rings. The van der Waals surface area contributed by atoms with Crippen LogP contribution in [0.5, 0.6) is 0 Å². The highest BCUT2D eigenvalue weighted by atomic mass is 32.2. The van der Waals surface area contributed by atoms with Crippen LogP contribution in [0.1, 0.15) is 0 Å². The Morgan fingerprint density at radius 3 is 1.27 bits per heavy atom. The molecule has 0 saturated carbocycles. The van der Waals surface area contributed by atoms with E-state index in [1.165, 1.54) is 0 Å². The molecule has 0 N–H and O–H groups in total. The molecule has 0 aromatic carbocycles. The maximum Gasteiger partial charge on any atom is 0.114 e. The minimum atomic E-state index is -0.102. The van der Waals surface area contributed by atoms with Gasteiger partial charge in [0.2, 0.25) is 0 Å². The van der Waals surface area contributed by atoms with E-state index in [1.54, 1.807) is 24.3 Å². The van der Waals surface area contributed by atoms with Crippen LogP contribution in [0.25, 0.3) is 0 Å². The van der Waals surface area contributed by atoms with Gasteiger partial charge in [0.05, 0.1) is 0 Å². The smallest absolute Gasteiger partial charge is 0.114 e. The summed E-state index contributed by atoms with van der Waals surface area (Å²) in [6.45, 7) is 0. The van der Waals surface area contributed by atoms with E-state index in [9.17, 15) is 0 Å². The van der Waals surface area contributed by atoms with Crippen LogP contribution < -0.4 is 0 Å². The van der Waals surface area contributed by atoms with Crippen molar-refractivity contribution in [2.75, 3.05) is 0 Å². The van der Waals surface area contributed by atoms with Gasteiger partial charge in [-0.2, -0.15) is 21.0 Å². The Morgan fingerprint density at radius 1 is 0.733 bits per heavy atom. The predicted octanol–water partition coefficient (Wildman–Crippen LogP) is 2.10. The average molecular weight is 250 g/mol. The molecule has 0 bridgehead atoms. The van der Waals surface area contributed by atoms with Crippen molar-refractivity contribution < 1.29 is 0 Å². The average Bonchev–Trinajstić information content (AvgIpc) is 2.28. The Kier molecular flexibility index (Phi) is 6.18. The molecule has 0 heterocycles. The Hall–Kier alpha value is -1.51. The van der Waals surface area contributed by atoms with Gasteiger partial charge in [0, 0.05) is 0 Å². The lowest BCUT2D eigenvalue weighted by Crippen LogP contribution is -1.81. The number of thiol groups is 2. The molecule has 4 nitrogen and oxygen atoms in total. The highest BCUT2D eigenvalue weighted by Crippen LogP contribution is 2.31. The standard InChI is InChI=1S/C8H2N4S3/c9-1-5(13)7(3-11)15-8(4-12)6(14)2-10/h13-14H/b7-5+,8-6+. The second kappa shape index (κ2) is 6.87. The fraction of sp³-hybridized carbons (Fsp3) is 0. The van der Waals surface area contributed by atoms with Crippen molar-refractivity contribution >= 4 is 37.0 Å². The van der Waals surface area contributed by atoms with Gasteiger partial charge >= 0.3 is 0 Å². The zero-order valence-electron chi connectivity index (χ0n) is 7.09. The second-order valence-electron chi connectivity index (χ2n) is 1.90. The van der Waals surface area contributed by atoms with E-state index in [4.69, 9.17) is 21.0 Å². The third-order valence-corrected chi connectivity index (χ3v) is 3.00. The molecule has 0 spiro atoms. The molecule has 0 aliphatic carbocycles. The van der Waals surface area contributed by atoms with E-state index in [0.29, 0.717) is 11.8 Å². The van der Waals surface area contributed by atoms with Crippen molar-refractivity contribution in [3.63, 3.8) is 0 Å². The molecule has 0 saturated heterocycles. The van der Waals surface area contributed by atoms with Crippen molar-refractivity contribution in [2.45, 2.75) is 0 Å². The first-order valence-electron chi connectivity index (χ1n) is 3.25. The van der Waals surface area contributed by atoms with Gasteiger partial charge in [-0.25, -0.2) is 0 Å². The molecule has 0 unspecified atom stereocenters. The lowest BCUT2D eigenvalue weighted by Gasteiger charge is -1.97. The Morgan fingerprint density at radius 2 is 1.07 bits per heavy atom. The van der Waals surface area contributed by atoms with Crippen molar-refractivity contribution in [1.29, 1.82) is 21.0 Å². The van der Waals surface area contributed by atoms with E-state index < -0.39 is 0 Å². The van der Waals surface area contributed by atoms with Crippen LogP contribution in [0.15, 0.2) is 19.6 Å². The molecule has 0 aromatic rings. The number of allylic oxidation sites excluding steroid dienone is 4. The third-order valence-electron chi connectivity index (χ3n) is 1.05. The van der Waals surface area contributed by atoms with Crippen LogP contribution in [0.3, 0.4) is 0 Å². The van der Waals surface area contributed by atoms with Gasteiger partial charge in [0.25, 0.3) is 0 Å². The van der Waals surface area contributed by atoms with Crippen molar-refractivity contribution in [3.05, 3.63) is 19.6 Å². The van der Waals surface area contributed by atoms with Crippen molar-refractivity contribution in [1.82, 2.24) is 0 Å². The van der Waals surface area contributed by atoms with Crippen LogP contribution in [0.4, 0.5) is 0 Å². The number of nitriles is 4. The minimum absolute atomic E-state index is 0.0424. The topological polar surface area (TPSA) is 95.2 Å². The number of thioether (sulfide) groups is 1. The van der Waals surface area contributed by atoms with Crippen molar-refractivity contribution in [2.24, 2.45) is 0 Å². The summed E-state index contributed by atoms with van der Waals surface area (Å²) in [6, 6.07) is 6.75. The molecule has 0 atom stereocenters. The highest BCUT2D eigenvalue weighted by Gasteiger charge is 2.10. The van der Waals surface area contributed by atoms with Gasteiger partial charge in [-0.1, -0.05) is 11.8 Å². The number of nitrogens with zero attached hydrogens (tertiary/aromatic N) is 4. The summed E-state index contributed by atoms with van der Waals surface area (Å²) in [7, 11) is 0. The van der Waals surface area contributed by atoms with Gasteiger partial charge in [-0.3, -0.25) is 0 Å². The lowest BCUT2D eigenvalue weighted by molar-refractivity contribution is 1.50. The molecule has 72 valence electrons. The first-order chi connectivity index (χ1) is 7.10. The van der Waals surface area contributed by atoms with E-state index in [1.807, 2.05) is 0 Å². The van der Waals surface area contributed by atoms with Gasteiger partial charge in [-0.15, -0.1) is 25.3 Å². The number of hydrogen-bond donors (Lipinski definition) is 2. The Labute approximate surface area is 102 Å². The van der Waals surface area contributed by atoms with E-state index >= 15 is 0 Å². The molecular weight excluding hydrogens is 248 g/mol. The predicted molar refractivity (Wildman–Crippen MR) is 62.1 cm³/mol. The zero-order chi connectivity index (χ0) is 11.8. The quantitative estimate of drug-likeness (QED) is 0.578. The molecule has 7 heteroatoms. The first-order valence-corrected chi connectivity index (χ1v) is 4.96. The normalized spacial score (nSPS) is 12.1. The van der Waals surface area contributed by atoms with Crippen LogP contribution >= 0.6 is 37.0 Å². The molecule has 0 aliphatic rings. The van der Waals surface area contributed by atoms with Gasteiger partial charge in [0.15, 0.2) is 0 Å². The van der Waals surface area contributed by atoms with Gasteiger partial charge in [-0.05, 0) is 0 Å². The lowest BCUT2D eigenvalue weighted by atomic mass is 10.5. The van der Waals surface area contributed by atoms with E-state index in [2.05, 4.69) is 25.3 Å². The van der Waals surface area contributed by atoms with Gasteiger partial charge < -0.3 is 0 Å². The zero-order valence-corrected chi connectivity index (χ0v) is 9.70. The summed E-state index contributed by atoms with van der Waals surface area (Å²) in [5, 5.41) is 34.3. The molecule has 0 amide bonds. The largest absolute Gasteiger partial charge is 0.192 e. The summed E-state index contributed by atoms with van der Waals surface area (Å²) in [5.41, 5.74) is 0. The molecule has 0 aliphatic heterocycles. The van der Waals surface area contributed by atoms with Crippen LogP contribution in [-0.2, 0) is 0 Å². The van der Waals surface area contributed by atoms with E-state index in [-0.39, 0.29) is 19.6 Å². The molecule has 0 radical (unpaired) electrons. The second-order valence-corrected chi connectivity index (χ2v) is 3.82.